The van der Waals surface area contributed by atoms with Gasteiger partial charge in [-0.05, 0) is 29.3 Å². The first-order valence-corrected chi connectivity index (χ1v) is 9.81. The van der Waals surface area contributed by atoms with Crippen molar-refractivity contribution in [1.82, 2.24) is 25.1 Å². The number of benzene rings is 1. The summed E-state index contributed by atoms with van der Waals surface area (Å²) >= 11 is 1.52. The first-order chi connectivity index (χ1) is 13.8. The number of nitrogens with one attached hydrogen (secondary N) is 1. The van der Waals surface area contributed by atoms with Crippen LogP contribution in [-0.4, -0.2) is 25.7 Å². The summed E-state index contributed by atoms with van der Waals surface area (Å²) in [4.78, 5) is 21.0. The molecule has 0 aliphatic rings. The molecule has 4 aromatic rings. The Hall–Kier alpha value is -3.32. The fourth-order valence-corrected chi connectivity index (χ4v) is 3.69. The standard InChI is InChI=1S/C21H19N5OS/c27-20(11-19-15-28-21(25-19)17-7-3-8-22-12-17)23-13-16-5-1-2-6-18(16)14-26-10-4-9-24-26/h1-10,12,15H,11,13-14H2,(H,23,27). The lowest BCUT2D eigenvalue weighted by Crippen LogP contribution is -2.25. The van der Waals surface area contributed by atoms with Gasteiger partial charge in [0.05, 0.1) is 18.7 Å². The minimum Gasteiger partial charge on any atom is -0.352 e. The van der Waals surface area contributed by atoms with E-state index in [-0.39, 0.29) is 12.3 Å². The summed E-state index contributed by atoms with van der Waals surface area (Å²) in [5, 5.41) is 10.0. The fraction of sp³-hybridized carbons (Fsp3) is 0.143. The second kappa shape index (κ2) is 8.58. The summed E-state index contributed by atoms with van der Waals surface area (Å²) in [5.74, 6) is -0.0445. The van der Waals surface area contributed by atoms with Gasteiger partial charge in [0.1, 0.15) is 5.01 Å². The lowest BCUT2D eigenvalue weighted by molar-refractivity contribution is -0.120. The van der Waals surface area contributed by atoms with Crippen LogP contribution in [0.4, 0.5) is 0 Å². The van der Waals surface area contributed by atoms with E-state index in [4.69, 9.17) is 0 Å². The van der Waals surface area contributed by atoms with Crippen LogP contribution in [0.1, 0.15) is 16.8 Å². The lowest BCUT2D eigenvalue weighted by atomic mass is 10.1. The summed E-state index contributed by atoms with van der Waals surface area (Å²) in [6.07, 6.45) is 7.46. The van der Waals surface area contributed by atoms with Crippen molar-refractivity contribution in [1.29, 1.82) is 0 Å². The van der Waals surface area contributed by atoms with E-state index in [0.717, 1.165) is 27.4 Å². The van der Waals surface area contributed by atoms with Gasteiger partial charge in [0.2, 0.25) is 5.91 Å². The molecule has 3 aromatic heterocycles. The van der Waals surface area contributed by atoms with Crippen molar-refractivity contribution in [3.05, 3.63) is 89.5 Å². The van der Waals surface area contributed by atoms with Crippen molar-refractivity contribution in [2.75, 3.05) is 0 Å². The van der Waals surface area contributed by atoms with Gasteiger partial charge < -0.3 is 5.32 Å². The topological polar surface area (TPSA) is 72.7 Å². The largest absolute Gasteiger partial charge is 0.352 e. The third kappa shape index (κ3) is 4.50. The summed E-state index contributed by atoms with van der Waals surface area (Å²) in [6, 6.07) is 13.8. The number of hydrogen-bond acceptors (Lipinski definition) is 5. The molecule has 0 saturated carbocycles. The van der Waals surface area contributed by atoms with Crippen LogP contribution in [0.5, 0.6) is 0 Å². The third-order valence-corrected chi connectivity index (χ3v) is 5.23. The number of amides is 1. The molecule has 1 aromatic carbocycles. The van der Waals surface area contributed by atoms with Crippen molar-refractivity contribution in [2.24, 2.45) is 0 Å². The van der Waals surface area contributed by atoms with Crippen LogP contribution in [0.25, 0.3) is 10.6 Å². The average molecular weight is 389 g/mol. The fourth-order valence-electron chi connectivity index (χ4n) is 2.88. The van der Waals surface area contributed by atoms with E-state index < -0.39 is 0 Å². The molecule has 0 bridgehead atoms. The molecule has 0 fully saturated rings. The van der Waals surface area contributed by atoms with Crippen LogP contribution in [0.3, 0.4) is 0 Å². The molecule has 1 amide bonds. The maximum Gasteiger partial charge on any atom is 0.226 e. The van der Waals surface area contributed by atoms with E-state index in [1.165, 1.54) is 11.3 Å². The molecule has 140 valence electrons. The van der Waals surface area contributed by atoms with Crippen molar-refractivity contribution < 1.29 is 4.79 Å². The lowest BCUT2D eigenvalue weighted by Gasteiger charge is -2.10. The summed E-state index contributed by atoms with van der Waals surface area (Å²) in [6.45, 7) is 1.16. The van der Waals surface area contributed by atoms with Crippen molar-refractivity contribution in [3.63, 3.8) is 0 Å². The second-order valence-corrected chi connectivity index (χ2v) is 7.17. The molecule has 0 aliphatic heterocycles. The Morgan fingerprint density at radius 2 is 1.96 bits per heavy atom. The Balaban J connectivity index is 1.36. The molecule has 7 heteroatoms. The number of rotatable bonds is 7. The van der Waals surface area contributed by atoms with Gasteiger partial charge in [-0.2, -0.15) is 5.10 Å². The van der Waals surface area contributed by atoms with Crippen LogP contribution < -0.4 is 5.32 Å². The molecule has 0 spiro atoms. The van der Waals surface area contributed by atoms with Crippen LogP contribution in [0.2, 0.25) is 0 Å². The summed E-state index contributed by atoms with van der Waals surface area (Å²) in [5.41, 5.74) is 3.96. The molecule has 3 heterocycles. The molecule has 0 saturated heterocycles. The molecule has 0 unspecified atom stereocenters. The molecule has 0 atom stereocenters. The molecule has 0 aliphatic carbocycles. The van der Waals surface area contributed by atoms with Gasteiger partial charge in [0.15, 0.2) is 0 Å². The summed E-state index contributed by atoms with van der Waals surface area (Å²) < 4.78 is 1.87. The normalized spacial score (nSPS) is 10.7. The van der Waals surface area contributed by atoms with Crippen LogP contribution >= 0.6 is 11.3 Å². The van der Waals surface area contributed by atoms with Crippen LogP contribution in [-0.2, 0) is 24.3 Å². The number of pyridine rings is 1. The van der Waals surface area contributed by atoms with E-state index in [1.54, 1.807) is 18.6 Å². The highest BCUT2D eigenvalue weighted by Crippen LogP contribution is 2.22. The number of nitrogens with zero attached hydrogens (tertiary/aromatic N) is 4. The Morgan fingerprint density at radius 1 is 1.07 bits per heavy atom. The maximum atomic E-state index is 12.4. The number of carbonyl (C=O) groups is 1. The predicted octanol–water partition coefficient (Wildman–Crippen LogP) is 3.31. The molecular weight excluding hydrogens is 370 g/mol. The van der Waals surface area contributed by atoms with Crippen LogP contribution in [0, 0.1) is 0 Å². The second-order valence-electron chi connectivity index (χ2n) is 6.31. The minimum absolute atomic E-state index is 0.0445. The molecule has 4 rings (SSSR count). The average Bonchev–Trinajstić information content (AvgIpc) is 3.40. The first kappa shape index (κ1) is 18.1. The highest BCUT2D eigenvalue weighted by molar-refractivity contribution is 7.13. The van der Waals surface area contributed by atoms with Gasteiger partial charge in [0.25, 0.3) is 0 Å². The molecule has 0 radical (unpaired) electrons. The Labute approximate surface area is 166 Å². The SMILES string of the molecule is O=C(Cc1csc(-c2cccnc2)n1)NCc1ccccc1Cn1cccn1. The highest BCUT2D eigenvalue weighted by Gasteiger charge is 2.10. The van der Waals surface area contributed by atoms with E-state index in [9.17, 15) is 4.79 Å². The van der Waals surface area contributed by atoms with Gasteiger partial charge in [-0.15, -0.1) is 11.3 Å². The molecule has 28 heavy (non-hydrogen) atoms. The molecule has 6 nitrogen and oxygen atoms in total. The molecular formula is C21H19N5OS. The van der Waals surface area contributed by atoms with Crippen LogP contribution in [0.15, 0.2) is 72.6 Å². The third-order valence-electron chi connectivity index (χ3n) is 4.29. The zero-order chi connectivity index (χ0) is 19.2. The van der Waals surface area contributed by atoms with Gasteiger partial charge in [-0.1, -0.05) is 24.3 Å². The molecule has 1 N–H and O–H groups in total. The zero-order valence-corrected chi connectivity index (χ0v) is 16.0. The Bertz CT molecular complexity index is 1040. The van der Waals surface area contributed by atoms with Crippen molar-refractivity contribution >= 4 is 17.2 Å². The number of aromatic nitrogens is 4. The van der Waals surface area contributed by atoms with E-state index >= 15 is 0 Å². The number of carbonyl (C=O) groups excluding carboxylic acids is 1. The number of hydrogen-bond donors (Lipinski definition) is 1. The quantitative estimate of drug-likeness (QED) is 0.526. The maximum absolute atomic E-state index is 12.4. The van der Waals surface area contributed by atoms with Gasteiger partial charge >= 0.3 is 0 Å². The van der Waals surface area contributed by atoms with E-state index in [0.29, 0.717) is 13.1 Å². The Kier molecular flexibility index (Phi) is 5.53. The van der Waals surface area contributed by atoms with E-state index in [2.05, 4.69) is 26.4 Å². The minimum atomic E-state index is -0.0445. The van der Waals surface area contributed by atoms with Gasteiger partial charge in [0, 0.05) is 42.3 Å². The zero-order valence-electron chi connectivity index (χ0n) is 15.2. The Morgan fingerprint density at radius 3 is 2.75 bits per heavy atom. The highest BCUT2D eigenvalue weighted by atomic mass is 32.1. The van der Waals surface area contributed by atoms with Gasteiger partial charge in [-0.25, -0.2) is 4.98 Å². The van der Waals surface area contributed by atoms with Gasteiger partial charge in [-0.3, -0.25) is 14.5 Å². The monoisotopic (exact) mass is 389 g/mol. The van der Waals surface area contributed by atoms with Crippen molar-refractivity contribution in [2.45, 2.75) is 19.5 Å². The number of thiazole rings is 1. The summed E-state index contributed by atoms with van der Waals surface area (Å²) in [7, 11) is 0. The smallest absolute Gasteiger partial charge is 0.226 e. The van der Waals surface area contributed by atoms with Crippen molar-refractivity contribution in [3.8, 4) is 10.6 Å². The van der Waals surface area contributed by atoms with E-state index in [1.807, 2.05) is 52.7 Å². The first-order valence-electron chi connectivity index (χ1n) is 8.93. The predicted molar refractivity (Wildman–Crippen MR) is 109 cm³/mol.